The maximum absolute atomic E-state index is 11.7. The van der Waals surface area contributed by atoms with Gasteiger partial charge in [0.15, 0.2) is 4.80 Å². The van der Waals surface area contributed by atoms with Crippen LogP contribution in [0.4, 0.5) is 5.69 Å². The van der Waals surface area contributed by atoms with Crippen LogP contribution >= 0.6 is 22.9 Å². The Morgan fingerprint density at radius 2 is 1.96 bits per heavy atom. The Hall–Kier alpha value is -1.93. The van der Waals surface area contributed by atoms with Crippen molar-refractivity contribution in [1.29, 1.82) is 0 Å². The molecule has 25 heavy (non-hydrogen) atoms. The third-order valence-electron chi connectivity index (χ3n) is 3.68. The molecule has 3 aromatic rings. The fourth-order valence-corrected chi connectivity index (χ4v) is 4.42. The first-order valence-corrected chi connectivity index (χ1v) is 10.1. The number of sulfonamides is 1. The van der Waals surface area contributed by atoms with E-state index in [9.17, 15) is 8.42 Å². The summed E-state index contributed by atoms with van der Waals surface area (Å²) in [5.41, 5.74) is 3.54. The topological polar surface area (TPSA) is 77.4 Å². The molecular formula is C17H16ClN3O2S2. The van der Waals surface area contributed by atoms with E-state index in [1.165, 1.54) is 23.5 Å². The van der Waals surface area contributed by atoms with Crippen LogP contribution in [0.1, 0.15) is 5.56 Å². The highest BCUT2D eigenvalue weighted by Gasteiger charge is 2.15. The summed E-state index contributed by atoms with van der Waals surface area (Å²) >= 11 is 7.43. The summed E-state index contributed by atoms with van der Waals surface area (Å²) in [5.74, 6) is 0. The highest BCUT2D eigenvalue weighted by molar-refractivity contribution is 7.89. The van der Waals surface area contributed by atoms with E-state index in [4.69, 9.17) is 16.7 Å². The first-order chi connectivity index (χ1) is 11.8. The number of aromatic nitrogens is 1. The molecule has 0 amide bonds. The quantitative estimate of drug-likeness (QED) is 0.738. The molecular weight excluding hydrogens is 378 g/mol. The van der Waals surface area contributed by atoms with Crippen molar-refractivity contribution in [2.75, 3.05) is 0 Å². The molecule has 0 spiro atoms. The van der Waals surface area contributed by atoms with Crippen molar-refractivity contribution in [3.8, 4) is 11.3 Å². The third kappa shape index (κ3) is 3.85. The highest BCUT2D eigenvalue weighted by atomic mass is 35.5. The molecule has 0 aliphatic carbocycles. The van der Waals surface area contributed by atoms with E-state index in [0.717, 1.165) is 21.7 Å². The molecule has 2 aromatic carbocycles. The summed E-state index contributed by atoms with van der Waals surface area (Å²) in [6, 6.07) is 12.7. The lowest BCUT2D eigenvalue weighted by Crippen LogP contribution is -2.13. The fourth-order valence-electron chi connectivity index (χ4n) is 2.42. The largest absolute Gasteiger partial charge is 0.320 e. The Morgan fingerprint density at radius 3 is 2.64 bits per heavy atom. The van der Waals surface area contributed by atoms with E-state index >= 15 is 0 Å². The van der Waals surface area contributed by atoms with E-state index in [0.29, 0.717) is 5.56 Å². The van der Waals surface area contributed by atoms with E-state index in [1.807, 2.05) is 48.2 Å². The second kappa shape index (κ2) is 6.76. The van der Waals surface area contributed by atoms with Gasteiger partial charge in [0.1, 0.15) is 4.90 Å². The molecule has 0 saturated heterocycles. The van der Waals surface area contributed by atoms with E-state index in [1.54, 1.807) is 6.07 Å². The number of primary sulfonamides is 1. The molecule has 0 atom stereocenters. The van der Waals surface area contributed by atoms with Gasteiger partial charge in [-0.15, -0.1) is 11.3 Å². The van der Waals surface area contributed by atoms with Crippen molar-refractivity contribution in [1.82, 2.24) is 4.57 Å². The van der Waals surface area contributed by atoms with Crippen LogP contribution in [-0.4, -0.2) is 13.0 Å². The monoisotopic (exact) mass is 393 g/mol. The average molecular weight is 394 g/mol. The molecule has 0 aliphatic heterocycles. The van der Waals surface area contributed by atoms with Gasteiger partial charge < -0.3 is 4.57 Å². The number of halogens is 1. The van der Waals surface area contributed by atoms with Crippen LogP contribution < -0.4 is 9.94 Å². The molecule has 0 unspecified atom stereocenters. The zero-order valence-corrected chi connectivity index (χ0v) is 16.0. The van der Waals surface area contributed by atoms with Gasteiger partial charge in [-0.05, 0) is 36.8 Å². The SMILES string of the molecule is Cc1cccc(/N=c2/scc(-c3ccc(Cl)c(S(N)(=O)=O)c3)n2C)c1. The summed E-state index contributed by atoms with van der Waals surface area (Å²) in [4.78, 5) is 5.36. The molecule has 3 rings (SSSR count). The predicted molar refractivity (Wildman–Crippen MR) is 102 cm³/mol. The molecule has 0 saturated carbocycles. The highest BCUT2D eigenvalue weighted by Crippen LogP contribution is 2.27. The van der Waals surface area contributed by atoms with Crippen LogP contribution in [0.2, 0.25) is 5.02 Å². The van der Waals surface area contributed by atoms with Crippen molar-refractivity contribution in [2.45, 2.75) is 11.8 Å². The van der Waals surface area contributed by atoms with Gasteiger partial charge >= 0.3 is 0 Å². The number of thiazole rings is 1. The lowest BCUT2D eigenvalue weighted by Gasteiger charge is -2.07. The summed E-state index contributed by atoms with van der Waals surface area (Å²) < 4.78 is 25.2. The van der Waals surface area contributed by atoms with Crippen LogP contribution in [0.15, 0.2) is 57.7 Å². The smallest absolute Gasteiger partial charge is 0.239 e. The van der Waals surface area contributed by atoms with Gasteiger partial charge in [-0.3, -0.25) is 0 Å². The van der Waals surface area contributed by atoms with Crippen molar-refractivity contribution in [3.63, 3.8) is 0 Å². The number of aryl methyl sites for hydroxylation is 1. The van der Waals surface area contributed by atoms with Gasteiger partial charge in [0.05, 0.1) is 16.4 Å². The molecule has 0 fully saturated rings. The van der Waals surface area contributed by atoms with E-state index in [-0.39, 0.29) is 9.92 Å². The zero-order chi connectivity index (χ0) is 18.2. The maximum Gasteiger partial charge on any atom is 0.239 e. The molecule has 0 bridgehead atoms. The molecule has 0 aliphatic rings. The van der Waals surface area contributed by atoms with Crippen molar-refractivity contribution in [2.24, 2.45) is 17.2 Å². The van der Waals surface area contributed by atoms with E-state index < -0.39 is 10.0 Å². The maximum atomic E-state index is 11.7. The third-order valence-corrected chi connectivity index (χ3v) is 5.99. The van der Waals surface area contributed by atoms with E-state index in [2.05, 4.69) is 4.99 Å². The lowest BCUT2D eigenvalue weighted by atomic mass is 10.2. The van der Waals surface area contributed by atoms with Gasteiger partial charge in [-0.2, -0.15) is 0 Å². The summed E-state index contributed by atoms with van der Waals surface area (Å²) in [6.45, 7) is 2.02. The summed E-state index contributed by atoms with van der Waals surface area (Å²) in [7, 11) is -2.00. The Kier molecular flexibility index (Phi) is 4.83. The average Bonchev–Trinajstić information content (AvgIpc) is 2.88. The van der Waals surface area contributed by atoms with Gasteiger partial charge in [0.2, 0.25) is 10.0 Å². The minimum Gasteiger partial charge on any atom is -0.320 e. The number of hydrogen-bond acceptors (Lipinski definition) is 4. The standard InChI is InChI=1S/C17H16ClN3O2S2/c1-11-4-3-5-13(8-11)20-17-21(2)15(10-24-17)12-6-7-14(18)16(9-12)25(19,22)23/h3-10H,1-2H3,(H2,19,22,23)/b20-17+. The Labute approximate surface area is 155 Å². The zero-order valence-electron chi connectivity index (χ0n) is 13.6. The number of benzene rings is 2. The van der Waals surface area contributed by atoms with Crippen LogP contribution in [0.3, 0.4) is 0 Å². The first-order valence-electron chi connectivity index (χ1n) is 7.34. The molecule has 1 heterocycles. The Balaban J connectivity index is 2.11. The molecule has 5 nitrogen and oxygen atoms in total. The molecule has 130 valence electrons. The number of hydrogen-bond donors (Lipinski definition) is 1. The number of nitrogens with zero attached hydrogens (tertiary/aromatic N) is 2. The van der Waals surface area contributed by atoms with Crippen LogP contribution in [0.25, 0.3) is 11.3 Å². The van der Waals surface area contributed by atoms with Gasteiger partial charge in [-0.1, -0.05) is 29.8 Å². The van der Waals surface area contributed by atoms with Gasteiger partial charge in [-0.25, -0.2) is 18.5 Å². The number of nitrogens with two attached hydrogens (primary N) is 1. The Bertz CT molecular complexity index is 1110. The predicted octanol–water partition coefficient (Wildman–Crippen LogP) is 3.60. The fraction of sp³-hybridized carbons (Fsp3) is 0.118. The minimum atomic E-state index is -3.88. The minimum absolute atomic E-state index is 0.0879. The molecule has 8 heteroatoms. The molecule has 1 aromatic heterocycles. The Morgan fingerprint density at radius 1 is 1.20 bits per heavy atom. The van der Waals surface area contributed by atoms with Crippen LogP contribution in [-0.2, 0) is 17.1 Å². The van der Waals surface area contributed by atoms with Crippen molar-refractivity contribution >= 4 is 38.6 Å². The lowest BCUT2D eigenvalue weighted by molar-refractivity contribution is 0.598. The second-order valence-electron chi connectivity index (χ2n) is 5.60. The normalized spacial score (nSPS) is 12.6. The van der Waals surface area contributed by atoms with Gasteiger partial charge in [0.25, 0.3) is 0 Å². The first kappa shape index (κ1) is 17.9. The molecule has 0 radical (unpaired) electrons. The molecule has 2 N–H and O–H groups in total. The summed E-state index contributed by atoms with van der Waals surface area (Å²) in [5, 5.41) is 7.26. The van der Waals surface area contributed by atoms with Gasteiger partial charge in [0, 0.05) is 18.0 Å². The van der Waals surface area contributed by atoms with Crippen LogP contribution in [0.5, 0.6) is 0 Å². The van der Waals surface area contributed by atoms with Crippen molar-refractivity contribution in [3.05, 3.63) is 63.2 Å². The number of rotatable bonds is 3. The second-order valence-corrected chi connectivity index (χ2v) is 8.38. The summed E-state index contributed by atoms with van der Waals surface area (Å²) in [6.07, 6.45) is 0. The van der Waals surface area contributed by atoms with Crippen molar-refractivity contribution < 1.29 is 8.42 Å². The van der Waals surface area contributed by atoms with Crippen LogP contribution in [0, 0.1) is 6.92 Å².